The maximum Gasteiger partial charge on any atom is 0.149 e. The van der Waals surface area contributed by atoms with Gasteiger partial charge in [0.25, 0.3) is 0 Å². The van der Waals surface area contributed by atoms with Crippen LogP contribution in [0.5, 0.6) is 0 Å². The molecule has 0 radical (unpaired) electrons. The van der Waals surface area contributed by atoms with Crippen molar-refractivity contribution in [3.63, 3.8) is 0 Å². The Kier molecular flexibility index (Phi) is 4.90. The van der Waals surface area contributed by atoms with Crippen LogP contribution in [0.15, 0.2) is 49.3 Å². The summed E-state index contributed by atoms with van der Waals surface area (Å²) in [7, 11) is 0. The number of nitrogens with two attached hydrogens (primary N) is 1. The van der Waals surface area contributed by atoms with Crippen LogP contribution >= 0.6 is 0 Å². The maximum atomic E-state index is 13.6. The van der Waals surface area contributed by atoms with Crippen LogP contribution in [0.4, 0.5) is 16.0 Å². The molecule has 142 valence electrons. The maximum absolute atomic E-state index is 13.6. The van der Waals surface area contributed by atoms with Crippen LogP contribution in [0, 0.1) is 17.1 Å². The SMILES string of the molecule is N#Cc1c(N)ncnc1NCCc1cnc2cc(F)ccc2c1-c1cnccn1. The highest BCUT2D eigenvalue weighted by Gasteiger charge is 2.14. The van der Waals surface area contributed by atoms with E-state index < -0.39 is 0 Å². The molecule has 3 aromatic heterocycles. The number of halogens is 1. The van der Waals surface area contributed by atoms with E-state index >= 15 is 0 Å². The average molecular weight is 386 g/mol. The van der Waals surface area contributed by atoms with Gasteiger partial charge in [0, 0.05) is 42.2 Å². The van der Waals surface area contributed by atoms with Crippen LogP contribution in [0.25, 0.3) is 22.2 Å². The molecule has 0 spiro atoms. The normalized spacial score (nSPS) is 10.6. The molecule has 4 aromatic rings. The quantitative estimate of drug-likeness (QED) is 0.536. The Labute approximate surface area is 165 Å². The molecule has 0 aliphatic rings. The van der Waals surface area contributed by atoms with Crippen molar-refractivity contribution in [1.29, 1.82) is 5.26 Å². The van der Waals surface area contributed by atoms with Crippen LogP contribution in [0.2, 0.25) is 0 Å². The minimum atomic E-state index is -0.352. The Morgan fingerprint density at radius 1 is 1.10 bits per heavy atom. The molecule has 1 aromatic carbocycles. The predicted molar refractivity (Wildman–Crippen MR) is 106 cm³/mol. The van der Waals surface area contributed by atoms with E-state index in [1.54, 1.807) is 30.9 Å². The number of benzene rings is 1. The van der Waals surface area contributed by atoms with Crippen molar-refractivity contribution < 1.29 is 4.39 Å². The van der Waals surface area contributed by atoms with Gasteiger partial charge in [0.1, 0.15) is 35.4 Å². The van der Waals surface area contributed by atoms with Gasteiger partial charge in [-0.05, 0) is 24.1 Å². The van der Waals surface area contributed by atoms with Gasteiger partial charge in [-0.3, -0.25) is 15.0 Å². The Hall–Kier alpha value is -4.19. The molecule has 29 heavy (non-hydrogen) atoms. The molecule has 0 amide bonds. The first-order chi connectivity index (χ1) is 14.2. The molecule has 8 nitrogen and oxygen atoms in total. The van der Waals surface area contributed by atoms with Crippen molar-refractivity contribution in [1.82, 2.24) is 24.9 Å². The van der Waals surface area contributed by atoms with Gasteiger partial charge in [0.2, 0.25) is 0 Å². The first kappa shape index (κ1) is 18.2. The van der Waals surface area contributed by atoms with Crippen molar-refractivity contribution in [2.75, 3.05) is 17.6 Å². The van der Waals surface area contributed by atoms with E-state index in [2.05, 4.69) is 30.2 Å². The van der Waals surface area contributed by atoms with Gasteiger partial charge >= 0.3 is 0 Å². The molecule has 0 atom stereocenters. The fourth-order valence-electron chi connectivity index (χ4n) is 3.09. The minimum absolute atomic E-state index is 0.125. The molecule has 0 fully saturated rings. The van der Waals surface area contributed by atoms with Gasteiger partial charge in [-0.1, -0.05) is 0 Å². The Morgan fingerprint density at radius 2 is 2.00 bits per heavy atom. The second kappa shape index (κ2) is 7.82. The van der Waals surface area contributed by atoms with Crippen LogP contribution in [0.1, 0.15) is 11.1 Å². The largest absolute Gasteiger partial charge is 0.382 e. The number of hydrogen-bond donors (Lipinski definition) is 2. The van der Waals surface area contributed by atoms with Crippen molar-refractivity contribution >= 4 is 22.5 Å². The monoisotopic (exact) mass is 386 g/mol. The summed E-state index contributed by atoms with van der Waals surface area (Å²) in [6.45, 7) is 0.465. The number of anilines is 2. The molecule has 3 N–H and O–H groups in total. The molecule has 4 rings (SSSR count). The molecule has 0 aliphatic heterocycles. The van der Waals surface area contributed by atoms with Gasteiger partial charge in [-0.15, -0.1) is 0 Å². The first-order valence-electron chi connectivity index (χ1n) is 8.75. The number of nitrogens with one attached hydrogen (secondary N) is 1. The lowest BCUT2D eigenvalue weighted by Gasteiger charge is -2.13. The minimum Gasteiger partial charge on any atom is -0.382 e. The lowest BCUT2D eigenvalue weighted by molar-refractivity contribution is 0.629. The number of nitriles is 1. The molecule has 0 bridgehead atoms. The summed E-state index contributed by atoms with van der Waals surface area (Å²) < 4.78 is 13.6. The number of nitrogens with zero attached hydrogens (tertiary/aromatic N) is 6. The van der Waals surface area contributed by atoms with Crippen molar-refractivity contribution in [3.8, 4) is 17.3 Å². The highest BCUT2D eigenvalue weighted by Crippen LogP contribution is 2.30. The number of rotatable bonds is 5. The number of nitrogen functional groups attached to an aromatic ring is 1. The van der Waals surface area contributed by atoms with E-state index in [0.717, 1.165) is 16.5 Å². The topological polar surface area (TPSA) is 126 Å². The predicted octanol–water partition coefficient (Wildman–Crippen LogP) is 2.73. The molecule has 3 heterocycles. The van der Waals surface area contributed by atoms with E-state index in [1.807, 2.05) is 6.07 Å². The second-order valence-corrected chi connectivity index (χ2v) is 6.18. The Bertz CT molecular complexity index is 1220. The zero-order chi connectivity index (χ0) is 20.2. The van der Waals surface area contributed by atoms with Gasteiger partial charge in [0.15, 0.2) is 0 Å². The van der Waals surface area contributed by atoms with E-state index in [0.29, 0.717) is 30.0 Å². The molecule has 0 aliphatic carbocycles. The van der Waals surface area contributed by atoms with Crippen LogP contribution in [0.3, 0.4) is 0 Å². The lowest BCUT2D eigenvalue weighted by Crippen LogP contribution is -2.11. The van der Waals surface area contributed by atoms with Crippen molar-refractivity contribution in [2.45, 2.75) is 6.42 Å². The number of fused-ring (bicyclic) bond motifs is 1. The van der Waals surface area contributed by atoms with Crippen LogP contribution < -0.4 is 11.1 Å². The number of pyridine rings is 1. The fraction of sp³-hybridized carbons (Fsp3) is 0.100. The Morgan fingerprint density at radius 3 is 2.79 bits per heavy atom. The van der Waals surface area contributed by atoms with Gasteiger partial charge in [-0.25, -0.2) is 14.4 Å². The zero-order valence-electron chi connectivity index (χ0n) is 15.2. The summed E-state index contributed by atoms with van der Waals surface area (Å²) in [4.78, 5) is 20.8. The summed E-state index contributed by atoms with van der Waals surface area (Å²) in [5.74, 6) is 0.145. The standard InChI is InChI=1S/C20H15FN8/c21-13-1-2-14-16(7-13)27-9-12(18(14)17-10-24-5-6-25-17)3-4-26-20-15(8-22)19(23)28-11-29-20/h1-2,5-7,9-11H,3-4H2,(H3,23,26,28,29). The number of hydrogen-bond acceptors (Lipinski definition) is 8. The molecular weight excluding hydrogens is 371 g/mol. The van der Waals surface area contributed by atoms with Gasteiger partial charge < -0.3 is 11.1 Å². The third-order valence-corrected chi connectivity index (χ3v) is 4.40. The second-order valence-electron chi connectivity index (χ2n) is 6.18. The summed E-state index contributed by atoms with van der Waals surface area (Å²) >= 11 is 0. The molecular formula is C20H15FN8. The van der Waals surface area contributed by atoms with E-state index in [-0.39, 0.29) is 17.2 Å². The highest BCUT2D eigenvalue weighted by molar-refractivity contribution is 5.95. The van der Waals surface area contributed by atoms with E-state index in [4.69, 9.17) is 5.73 Å². The lowest BCUT2D eigenvalue weighted by atomic mass is 9.98. The third kappa shape index (κ3) is 3.64. The highest BCUT2D eigenvalue weighted by atomic mass is 19.1. The van der Waals surface area contributed by atoms with Gasteiger partial charge in [0.05, 0.1) is 17.4 Å². The van der Waals surface area contributed by atoms with Crippen molar-refractivity contribution in [3.05, 3.63) is 66.3 Å². The van der Waals surface area contributed by atoms with E-state index in [1.165, 1.54) is 18.5 Å². The summed E-state index contributed by atoms with van der Waals surface area (Å²) in [6, 6.07) is 6.48. The molecule has 0 unspecified atom stereocenters. The fourth-order valence-corrected chi connectivity index (χ4v) is 3.09. The summed E-state index contributed by atoms with van der Waals surface area (Å²) in [5.41, 5.74) is 8.87. The third-order valence-electron chi connectivity index (χ3n) is 4.40. The van der Waals surface area contributed by atoms with Gasteiger partial charge in [-0.2, -0.15) is 5.26 Å². The molecule has 9 heteroatoms. The summed E-state index contributed by atoms with van der Waals surface area (Å²) in [6.07, 6.45) is 8.42. The Balaban J connectivity index is 1.68. The smallest absolute Gasteiger partial charge is 0.149 e. The average Bonchev–Trinajstić information content (AvgIpc) is 2.74. The zero-order valence-corrected chi connectivity index (χ0v) is 15.2. The van der Waals surface area contributed by atoms with E-state index in [9.17, 15) is 9.65 Å². The molecule has 0 saturated carbocycles. The summed E-state index contributed by atoms with van der Waals surface area (Å²) in [5, 5.41) is 13.1. The molecule has 0 saturated heterocycles. The van der Waals surface area contributed by atoms with Crippen LogP contribution in [-0.4, -0.2) is 31.5 Å². The first-order valence-corrected chi connectivity index (χ1v) is 8.75. The number of aromatic nitrogens is 5. The van der Waals surface area contributed by atoms with Crippen LogP contribution in [-0.2, 0) is 6.42 Å². The van der Waals surface area contributed by atoms with Crippen molar-refractivity contribution in [2.24, 2.45) is 0 Å².